The zero-order chi connectivity index (χ0) is 12.1. The molecule has 0 N–H and O–H groups in total. The highest BCUT2D eigenvalue weighted by Crippen LogP contribution is 2.36. The van der Waals surface area contributed by atoms with Gasteiger partial charge in [0.15, 0.2) is 0 Å². The van der Waals surface area contributed by atoms with Gasteiger partial charge in [-0.1, -0.05) is 30.3 Å². The van der Waals surface area contributed by atoms with E-state index in [4.69, 9.17) is 9.97 Å². The first-order valence-electron chi connectivity index (χ1n) is 6.17. The number of para-hydroxylation sites is 2. The van der Waals surface area contributed by atoms with E-state index >= 15 is 0 Å². The summed E-state index contributed by atoms with van der Waals surface area (Å²) in [5.41, 5.74) is 8.10. The second-order valence-corrected chi connectivity index (χ2v) is 4.79. The van der Waals surface area contributed by atoms with Crippen LogP contribution < -0.4 is 0 Å². The topological polar surface area (TPSA) is 25.8 Å². The SMILES string of the molecule is Cc1cccc2c1Cc1nc3ccccc3nc1-2. The lowest BCUT2D eigenvalue weighted by Crippen LogP contribution is -1.91. The molecule has 0 saturated carbocycles. The van der Waals surface area contributed by atoms with E-state index in [0.717, 1.165) is 28.8 Å². The van der Waals surface area contributed by atoms with Gasteiger partial charge in [0.25, 0.3) is 0 Å². The van der Waals surface area contributed by atoms with Crippen LogP contribution in [-0.2, 0) is 6.42 Å². The summed E-state index contributed by atoms with van der Waals surface area (Å²) < 4.78 is 0. The lowest BCUT2D eigenvalue weighted by Gasteiger charge is -2.02. The number of fused-ring (bicyclic) bond motifs is 4. The summed E-state index contributed by atoms with van der Waals surface area (Å²) in [5.74, 6) is 0. The van der Waals surface area contributed by atoms with Crippen molar-refractivity contribution in [1.29, 1.82) is 0 Å². The summed E-state index contributed by atoms with van der Waals surface area (Å²) >= 11 is 0. The van der Waals surface area contributed by atoms with E-state index in [1.807, 2.05) is 24.3 Å². The molecule has 1 aromatic heterocycles. The Hall–Kier alpha value is -2.22. The molecule has 1 heterocycles. The fourth-order valence-corrected chi connectivity index (χ4v) is 2.70. The number of aromatic nitrogens is 2. The predicted octanol–water partition coefficient (Wildman–Crippen LogP) is 3.51. The molecular weight excluding hydrogens is 220 g/mol. The van der Waals surface area contributed by atoms with Gasteiger partial charge in [0.1, 0.15) is 0 Å². The molecule has 4 rings (SSSR count). The molecule has 0 fully saturated rings. The van der Waals surface area contributed by atoms with Gasteiger partial charge >= 0.3 is 0 Å². The van der Waals surface area contributed by atoms with Crippen LogP contribution in [0.15, 0.2) is 42.5 Å². The molecule has 18 heavy (non-hydrogen) atoms. The van der Waals surface area contributed by atoms with Crippen molar-refractivity contribution >= 4 is 11.0 Å². The summed E-state index contributed by atoms with van der Waals surface area (Å²) in [4.78, 5) is 9.52. The van der Waals surface area contributed by atoms with E-state index in [1.54, 1.807) is 0 Å². The molecule has 0 aliphatic heterocycles. The van der Waals surface area contributed by atoms with Gasteiger partial charge in [0.2, 0.25) is 0 Å². The third-order valence-corrected chi connectivity index (χ3v) is 3.65. The highest BCUT2D eigenvalue weighted by atomic mass is 14.8. The number of rotatable bonds is 0. The van der Waals surface area contributed by atoms with E-state index in [2.05, 4.69) is 25.1 Å². The summed E-state index contributed by atoms with van der Waals surface area (Å²) in [6.07, 6.45) is 0.912. The molecule has 0 radical (unpaired) electrons. The van der Waals surface area contributed by atoms with Crippen LogP contribution in [0.4, 0.5) is 0 Å². The Morgan fingerprint density at radius 1 is 0.889 bits per heavy atom. The van der Waals surface area contributed by atoms with Crippen molar-refractivity contribution in [2.24, 2.45) is 0 Å². The zero-order valence-electron chi connectivity index (χ0n) is 10.1. The standard InChI is InChI=1S/C16H12N2/c1-10-5-4-6-11-12(10)9-15-16(11)18-14-8-3-2-7-13(14)17-15/h2-8H,9H2,1H3. The van der Waals surface area contributed by atoms with Gasteiger partial charge in [-0.3, -0.25) is 0 Å². The second kappa shape index (κ2) is 3.39. The highest BCUT2D eigenvalue weighted by molar-refractivity contribution is 5.82. The number of nitrogens with zero attached hydrogens (tertiary/aromatic N) is 2. The summed E-state index contributed by atoms with van der Waals surface area (Å²) in [6, 6.07) is 14.5. The maximum Gasteiger partial charge on any atom is 0.0931 e. The number of hydrogen-bond donors (Lipinski definition) is 0. The molecule has 0 spiro atoms. The molecule has 0 atom stereocenters. The molecule has 2 aromatic carbocycles. The molecule has 0 amide bonds. The van der Waals surface area contributed by atoms with Gasteiger partial charge in [-0.2, -0.15) is 0 Å². The average molecular weight is 232 g/mol. The van der Waals surface area contributed by atoms with Crippen LogP contribution in [0.25, 0.3) is 22.3 Å². The monoisotopic (exact) mass is 232 g/mol. The number of benzene rings is 2. The molecule has 1 aliphatic rings. The molecule has 3 aromatic rings. The van der Waals surface area contributed by atoms with Crippen LogP contribution in [0.3, 0.4) is 0 Å². The Kier molecular flexibility index (Phi) is 1.84. The number of aryl methyl sites for hydroxylation is 1. The van der Waals surface area contributed by atoms with Crippen molar-refractivity contribution in [3.8, 4) is 11.3 Å². The van der Waals surface area contributed by atoms with Gasteiger partial charge in [0, 0.05) is 12.0 Å². The Balaban J connectivity index is 2.06. The lowest BCUT2D eigenvalue weighted by molar-refractivity contribution is 1.12. The Morgan fingerprint density at radius 3 is 2.50 bits per heavy atom. The first-order valence-corrected chi connectivity index (χ1v) is 6.17. The normalized spacial score (nSPS) is 12.5. The predicted molar refractivity (Wildman–Crippen MR) is 72.5 cm³/mol. The molecule has 2 nitrogen and oxygen atoms in total. The van der Waals surface area contributed by atoms with Crippen molar-refractivity contribution in [3.63, 3.8) is 0 Å². The van der Waals surface area contributed by atoms with E-state index in [-0.39, 0.29) is 0 Å². The second-order valence-electron chi connectivity index (χ2n) is 4.79. The summed E-state index contributed by atoms with van der Waals surface area (Å²) in [5, 5.41) is 0. The van der Waals surface area contributed by atoms with Gasteiger partial charge in [-0.15, -0.1) is 0 Å². The Morgan fingerprint density at radius 2 is 1.67 bits per heavy atom. The van der Waals surface area contributed by atoms with Crippen molar-refractivity contribution in [2.45, 2.75) is 13.3 Å². The molecule has 0 bridgehead atoms. The van der Waals surface area contributed by atoms with Crippen LogP contribution in [0.5, 0.6) is 0 Å². The van der Waals surface area contributed by atoms with E-state index in [1.165, 1.54) is 16.7 Å². The minimum Gasteiger partial charge on any atom is -0.249 e. The fourth-order valence-electron chi connectivity index (χ4n) is 2.70. The minimum absolute atomic E-state index is 0.912. The lowest BCUT2D eigenvalue weighted by atomic mass is 10.0. The van der Waals surface area contributed by atoms with Crippen molar-refractivity contribution < 1.29 is 0 Å². The number of hydrogen-bond acceptors (Lipinski definition) is 2. The van der Waals surface area contributed by atoms with Crippen LogP contribution in [0, 0.1) is 6.92 Å². The molecular formula is C16H12N2. The van der Waals surface area contributed by atoms with Crippen molar-refractivity contribution in [2.75, 3.05) is 0 Å². The van der Waals surface area contributed by atoms with Crippen molar-refractivity contribution in [1.82, 2.24) is 9.97 Å². The third-order valence-electron chi connectivity index (χ3n) is 3.65. The largest absolute Gasteiger partial charge is 0.249 e. The fraction of sp³-hybridized carbons (Fsp3) is 0.125. The molecule has 86 valence electrons. The van der Waals surface area contributed by atoms with Gasteiger partial charge in [-0.25, -0.2) is 9.97 Å². The van der Waals surface area contributed by atoms with Crippen molar-refractivity contribution in [3.05, 3.63) is 59.3 Å². The first kappa shape index (κ1) is 9.77. The smallest absolute Gasteiger partial charge is 0.0931 e. The average Bonchev–Trinajstić information content (AvgIpc) is 2.76. The summed E-state index contributed by atoms with van der Waals surface area (Å²) in [6.45, 7) is 2.16. The summed E-state index contributed by atoms with van der Waals surface area (Å²) in [7, 11) is 0. The van der Waals surface area contributed by atoms with Crippen LogP contribution in [-0.4, -0.2) is 9.97 Å². The maximum absolute atomic E-state index is 4.78. The van der Waals surface area contributed by atoms with Crippen LogP contribution >= 0.6 is 0 Å². The van der Waals surface area contributed by atoms with Gasteiger partial charge in [0.05, 0.1) is 22.4 Å². The molecule has 0 saturated heterocycles. The minimum atomic E-state index is 0.912. The van der Waals surface area contributed by atoms with E-state index in [0.29, 0.717) is 0 Å². The van der Waals surface area contributed by atoms with E-state index < -0.39 is 0 Å². The van der Waals surface area contributed by atoms with E-state index in [9.17, 15) is 0 Å². The van der Waals surface area contributed by atoms with Gasteiger partial charge < -0.3 is 0 Å². The zero-order valence-corrected chi connectivity index (χ0v) is 10.1. The van der Waals surface area contributed by atoms with Crippen LogP contribution in [0.1, 0.15) is 16.8 Å². The molecule has 1 aliphatic carbocycles. The Labute approximate surface area is 105 Å². The van der Waals surface area contributed by atoms with Gasteiger partial charge in [-0.05, 0) is 30.2 Å². The molecule has 0 unspecified atom stereocenters. The van der Waals surface area contributed by atoms with Crippen LogP contribution in [0.2, 0.25) is 0 Å². The third kappa shape index (κ3) is 1.23. The Bertz CT molecular complexity index is 775. The quantitative estimate of drug-likeness (QED) is 0.463. The maximum atomic E-state index is 4.78. The highest BCUT2D eigenvalue weighted by Gasteiger charge is 2.22. The molecule has 2 heteroatoms. The first-order chi connectivity index (χ1) is 8.83.